The molecule has 72 valence electrons. The quantitative estimate of drug-likeness (QED) is 0.706. The smallest absolute Gasteiger partial charge is 0.0933 e. The molecule has 0 aliphatic rings. The number of rotatable bonds is 4. The Hall–Kier alpha value is -0.900. The van der Waals surface area contributed by atoms with Crippen molar-refractivity contribution in [3.8, 4) is 0 Å². The van der Waals surface area contributed by atoms with Gasteiger partial charge in [-0.25, -0.2) is 5.90 Å². The first kappa shape index (κ1) is 10.2. The third-order valence-electron chi connectivity index (χ3n) is 1.84. The molecule has 2 N–H and O–H groups in total. The molecular formula is C10H16N2O. The van der Waals surface area contributed by atoms with Crippen LogP contribution in [0.15, 0.2) is 24.3 Å². The van der Waals surface area contributed by atoms with E-state index in [4.69, 9.17) is 5.90 Å². The molecule has 1 aromatic carbocycles. The van der Waals surface area contributed by atoms with E-state index in [-0.39, 0.29) is 0 Å². The lowest BCUT2D eigenvalue weighted by atomic mass is 10.1. The Labute approximate surface area is 79.1 Å². The van der Waals surface area contributed by atoms with E-state index in [0.717, 1.165) is 12.1 Å². The molecular weight excluding hydrogens is 164 g/mol. The van der Waals surface area contributed by atoms with Gasteiger partial charge in [-0.15, -0.1) is 0 Å². The number of hydrogen-bond donors (Lipinski definition) is 1. The van der Waals surface area contributed by atoms with Crippen LogP contribution in [0.1, 0.15) is 11.1 Å². The van der Waals surface area contributed by atoms with Crippen LogP contribution in [0, 0.1) is 0 Å². The normalized spacial score (nSPS) is 10.8. The molecule has 0 saturated heterocycles. The second-order valence-electron chi connectivity index (χ2n) is 3.32. The highest BCUT2D eigenvalue weighted by Crippen LogP contribution is 2.10. The zero-order chi connectivity index (χ0) is 9.68. The monoisotopic (exact) mass is 180 g/mol. The van der Waals surface area contributed by atoms with E-state index in [9.17, 15) is 0 Å². The van der Waals surface area contributed by atoms with Gasteiger partial charge in [-0.3, -0.25) is 4.84 Å². The molecule has 0 radical (unpaired) electrons. The van der Waals surface area contributed by atoms with Gasteiger partial charge in [-0.1, -0.05) is 24.3 Å². The van der Waals surface area contributed by atoms with Gasteiger partial charge < -0.3 is 4.90 Å². The molecule has 3 nitrogen and oxygen atoms in total. The van der Waals surface area contributed by atoms with Crippen molar-refractivity contribution in [2.24, 2.45) is 5.90 Å². The van der Waals surface area contributed by atoms with Gasteiger partial charge in [0.15, 0.2) is 0 Å². The summed E-state index contributed by atoms with van der Waals surface area (Å²) in [4.78, 5) is 6.75. The maximum absolute atomic E-state index is 5.05. The molecule has 0 amide bonds. The van der Waals surface area contributed by atoms with Gasteiger partial charge in [0.05, 0.1) is 6.61 Å². The zero-order valence-corrected chi connectivity index (χ0v) is 8.16. The van der Waals surface area contributed by atoms with Gasteiger partial charge in [-0.2, -0.15) is 0 Å². The average molecular weight is 180 g/mol. The molecule has 1 rings (SSSR count). The van der Waals surface area contributed by atoms with E-state index in [1.165, 1.54) is 5.56 Å². The van der Waals surface area contributed by atoms with E-state index < -0.39 is 0 Å². The maximum Gasteiger partial charge on any atom is 0.0933 e. The summed E-state index contributed by atoms with van der Waals surface area (Å²) in [7, 11) is 4.08. The number of nitrogens with two attached hydrogens (primary N) is 1. The second kappa shape index (κ2) is 4.97. The van der Waals surface area contributed by atoms with Crippen molar-refractivity contribution < 1.29 is 4.84 Å². The van der Waals surface area contributed by atoms with E-state index in [0.29, 0.717) is 6.61 Å². The minimum atomic E-state index is 0.476. The second-order valence-corrected chi connectivity index (χ2v) is 3.32. The molecule has 0 heterocycles. The highest BCUT2D eigenvalue weighted by molar-refractivity contribution is 5.26. The summed E-state index contributed by atoms with van der Waals surface area (Å²) in [6, 6.07) is 8.15. The minimum absolute atomic E-state index is 0.476. The topological polar surface area (TPSA) is 38.5 Å². The Kier molecular flexibility index (Phi) is 3.89. The molecule has 13 heavy (non-hydrogen) atoms. The van der Waals surface area contributed by atoms with Crippen molar-refractivity contribution in [1.82, 2.24) is 4.90 Å². The summed E-state index contributed by atoms with van der Waals surface area (Å²) >= 11 is 0. The molecule has 0 aliphatic heterocycles. The molecule has 1 aromatic rings. The molecule has 0 saturated carbocycles. The maximum atomic E-state index is 5.05. The van der Waals surface area contributed by atoms with Crippen molar-refractivity contribution >= 4 is 0 Å². The SMILES string of the molecule is CN(C)Cc1ccccc1CON. The lowest BCUT2D eigenvalue weighted by molar-refractivity contribution is 0.123. The van der Waals surface area contributed by atoms with Crippen molar-refractivity contribution in [2.75, 3.05) is 14.1 Å². The molecule has 3 heteroatoms. The Morgan fingerprint density at radius 3 is 2.38 bits per heavy atom. The summed E-state index contributed by atoms with van der Waals surface area (Å²) in [6.45, 7) is 1.39. The van der Waals surface area contributed by atoms with Gasteiger partial charge in [0.1, 0.15) is 0 Å². The van der Waals surface area contributed by atoms with Gasteiger partial charge in [0.25, 0.3) is 0 Å². The average Bonchev–Trinajstić information content (AvgIpc) is 2.08. The summed E-state index contributed by atoms with van der Waals surface area (Å²) in [5.41, 5.74) is 2.41. The molecule has 0 aliphatic carbocycles. The third-order valence-corrected chi connectivity index (χ3v) is 1.84. The van der Waals surface area contributed by atoms with Crippen LogP contribution in [0.4, 0.5) is 0 Å². The van der Waals surface area contributed by atoms with Crippen molar-refractivity contribution in [3.05, 3.63) is 35.4 Å². The predicted molar refractivity (Wildman–Crippen MR) is 52.8 cm³/mol. The minimum Gasteiger partial charge on any atom is -0.305 e. The van der Waals surface area contributed by atoms with Gasteiger partial charge in [0.2, 0.25) is 0 Å². The van der Waals surface area contributed by atoms with Crippen molar-refractivity contribution in [3.63, 3.8) is 0 Å². The summed E-state index contributed by atoms with van der Waals surface area (Å²) < 4.78 is 0. The van der Waals surface area contributed by atoms with Gasteiger partial charge in [-0.05, 0) is 25.2 Å². The summed E-state index contributed by atoms with van der Waals surface area (Å²) in [5, 5.41) is 0. The largest absolute Gasteiger partial charge is 0.305 e. The van der Waals surface area contributed by atoms with Crippen LogP contribution in [0.25, 0.3) is 0 Å². The predicted octanol–water partition coefficient (Wildman–Crippen LogP) is 1.14. The van der Waals surface area contributed by atoms with E-state index in [1.807, 2.05) is 32.3 Å². The van der Waals surface area contributed by atoms with Crippen molar-refractivity contribution in [1.29, 1.82) is 0 Å². The lowest BCUT2D eigenvalue weighted by Crippen LogP contribution is -2.13. The van der Waals surface area contributed by atoms with Crippen LogP contribution in [0.3, 0.4) is 0 Å². The Balaban J connectivity index is 2.78. The van der Waals surface area contributed by atoms with Crippen LogP contribution < -0.4 is 5.90 Å². The molecule has 0 aromatic heterocycles. The summed E-state index contributed by atoms with van der Waals surface area (Å²) in [5.74, 6) is 5.05. The molecule has 0 atom stereocenters. The van der Waals surface area contributed by atoms with E-state index in [1.54, 1.807) is 0 Å². The number of benzene rings is 1. The van der Waals surface area contributed by atoms with Crippen LogP contribution in [0.5, 0.6) is 0 Å². The first-order valence-electron chi connectivity index (χ1n) is 4.27. The van der Waals surface area contributed by atoms with Crippen LogP contribution >= 0.6 is 0 Å². The number of hydrogen-bond acceptors (Lipinski definition) is 3. The molecule has 0 fully saturated rings. The number of nitrogens with zero attached hydrogens (tertiary/aromatic N) is 1. The Morgan fingerprint density at radius 1 is 1.23 bits per heavy atom. The highest BCUT2D eigenvalue weighted by Gasteiger charge is 2.01. The van der Waals surface area contributed by atoms with Crippen LogP contribution in [-0.4, -0.2) is 19.0 Å². The molecule has 0 bridgehead atoms. The highest BCUT2D eigenvalue weighted by atomic mass is 16.6. The fourth-order valence-corrected chi connectivity index (χ4v) is 1.28. The van der Waals surface area contributed by atoms with Crippen LogP contribution in [-0.2, 0) is 18.0 Å². The van der Waals surface area contributed by atoms with Crippen molar-refractivity contribution in [2.45, 2.75) is 13.2 Å². The molecule has 0 spiro atoms. The Bertz CT molecular complexity index is 261. The fourth-order valence-electron chi connectivity index (χ4n) is 1.28. The van der Waals surface area contributed by atoms with Gasteiger partial charge >= 0.3 is 0 Å². The lowest BCUT2D eigenvalue weighted by Gasteiger charge is -2.13. The van der Waals surface area contributed by atoms with E-state index >= 15 is 0 Å². The Morgan fingerprint density at radius 2 is 1.85 bits per heavy atom. The van der Waals surface area contributed by atoms with E-state index in [2.05, 4.69) is 15.8 Å². The fraction of sp³-hybridized carbons (Fsp3) is 0.400. The summed E-state index contributed by atoms with van der Waals surface area (Å²) in [6.07, 6.45) is 0. The first-order chi connectivity index (χ1) is 6.24. The van der Waals surface area contributed by atoms with Gasteiger partial charge in [0, 0.05) is 6.54 Å². The van der Waals surface area contributed by atoms with Crippen LogP contribution in [0.2, 0.25) is 0 Å². The zero-order valence-electron chi connectivity index (χ0n) is 8.16. The standard InChI is InChI=1S/C10H16N2O/c1-12(2)7-9-5-3-4-6-10(9)8-13-11/h3-6H,7-8,11H2,1-2H3. The molecule has 0 unspecified atom stereocenters. The first-order valence-corrected chi connectivity index (χ1v) is 4.27. The third kappa shape index (κ3) is 3.14.